The van der Waals surface area contributed by atoms with Gasteiger partial charge in [0.1, 0.15) is 11.6 Å². The SMILES string of the molecule is C/C=C/CCNC(=NC)NC(C)c1ccc(F)cc1F.I. The number of guanidine groups is 1. The first-order valence-corrected chi connectivity index (χ1v) is 6.61. The first-order chi connectivity index (χ1) is 9.58. The number of benzene rings is 1. The minimum Gasteiger partial charge on any atom is -0.356 e. The summed E-state index contributed by atoms with van der Waals surface area (Å²) in [5.74, 6) is -0.549. The lowest BCUT2D eigenvalue weighted by Gasteiger charge is -2.18. The molecular formula is C15H22F2IN3. The molecule has 0 saturated heterocycles. The van der Waals surface area contributed by atoms with Crippen molar-refractivity contribution in [3.63, 3.8) is 0 Å². The van der Waals surface area contributed by atoms with Crippen LogP contribution < -0.4 is 10.6 Å². The van der Waals surface area contributed by atoms with E-state index in [1.54, 1.807) is 14.0 Å². The van der Waals surface area contributed by atoms with Crippen LogP contribution in [0.15, 0.2) is 35.3 Å². The first kappa shape index (κ1) is 19.8. The first-order valence-electron chi connectivity index (χ1n) is 6.61. The highest BCUT2D eigenvalue weighted by Crippen LogP contribution is 2.17. The minimum atomic E-state index is -0.577. The van der Waals surface area contributed by atoms with Crippen LogP contribution in [0.3, 0.4) is 0 Å². The molecule has 3 nitrogen and oxygen atoms in total. The molecule has 0 spiro atoms. The van der Waals surface area contributed by atoms with Gasteiger partial charge in [0.25, 0.3) is 0 Å². The summed E-state index contributed by atoms with van der Waals surface area (Å²) >= 11 is 0. The van der Waals surface area contributed by atoms with Gasteiger partial charge in [-0.2, -0.15) is 0 Å². The molecule has 1 aromatic rings. The second-order valence-electron chi connectivity index (χ2n) is 4.39. The smallest absolute Gasteiger partial charge is 0.191 e. The minimum absolute atomic E-state index is 0. The monoisotopic (exact) mass is 409 g/mol. The van der Waals surface area contributed by atoms with Crippen LogP contribution in [0, 0.1) is 11.6 Å². The van der Waals surface area contributed by atoms with Crippen LogP contribution in [0.25, 0.3) is 0 Å². The molecule has 1 unspecified atom stereocenters. The fourth-order valence-electron chi connectivity index (χ4n) is 1.77. The molecule has 1 aromatic carbocycles. The van der Waals surface area contributed by atoms with Crippen LogP contribution >= 0.6 is 24.0 Å². The highest BCUT2D eigenvalue weighted by molar-refractivity contribution is 14.0. The number of aliphatic imine (C=N–C) groups is 1. The van der Waals surface area contributed by atoms with Gasteiger partial charge in [-0.1, -0.05) is 18.2 Å². The Balaban J connectivity index is 0.00000400. The van der Waals surface area contributed by atoms with Crippen molar-refractivity contribution in [1.82, 2.24) is 10.6 Å². The molecule has 0 aromatic heterocycles. The number of halogens is 3. The van der Waals surface area contributed by atoms with Crippen LogP contribution in [0.4, 0.5) is 8.78 Å². The molecule has 0 saturated carbocycles. The van der Waals surface area contributed by atoms with E-state index in [4.69, 9.17) is 0 Å². The van der Waals surface area contributed by atoms with E-state index in [2.05, 4.69) is 15.6 Å². The van der Waals surface area contributed by atoms with Gasteiger partial charge in [-0.15, -0.1) is 24.0 Å². The third-order valence-electron chi connectivity index (χ3n) is 2.84. The maximum absolute atomic E-state index is 13.7. The van der Waals surface area contributed by atoms with Gasteiger partial charge in [0.05, 0.1) is 6.04 Å². The molecule has 0 aliphatic heterocycles. The Bertz CT molecular complexity index is 490. The maximum Gasteiger partial charge on any atom is 0.191 e. The fraction of sp³-hybridized carbons (Fsp3) is 0.400. The Hall–Kier alpha value is -1.18. The van der Waals surface area contributed by atoms with Crippen molar-refractivity contribution in [3.8, 4) is 0 Å². The molecule has 1 rings (SSSR count). The summed E-state index contributed by atoms with van der Waals surface area (Å²) < 4.78 is 26.5. The molecule has 0 bridgehead atoms. The van der Waals surface area contributed by atoms with Crippen molar-refractivity contribution in [1.29, 1.82) is 0 Å². The highest BCUT2D eigenvalue weighted by Gasteiger charge is 2.12. The molecule has 0 aliphatic rings. The van der Waals surface area contributed by atoms with E-state index in [1.165, 1.54) is 12.1 Å². The Kier molecular flexibility index (Phi) is 9.94. The molecule has 21 heavy (non-hydrogen) atoms. The fourth-order valence-corrected chi connectivity index (χ4v) is 1.77. The standard InChI is InChI=1S/C15H21F2N3.HI/c1-4-5-6-9-19-15(18-3)20-11(2)13-8-7-12(16)10-14(13)17;/h4-5,7-8,10-11H,6,9H2,1-3H3,(H2,18,19,20);1H/b5-4+;. The Morgan fingerprint density at radius 1 is 1.38 bits per heavy atom. The molecule has 2 N–H and O–H groups in total. The summed E-state index contributed by atoms with van der Waals surface area (Å²) in [7, 11) is 1.65. The molecule has 1 atom stereocenters. The van der Waals surface area contributed by atoms with Gasteiger partial charge in [0.2, 0.25) is 0 Å². The van der Waals surface area contributed by atoms with Gasteiger partial charge in [0.15, 0.2) is 5.96 Å². The summed E-state index contributed by atoms with van der Waals surface area (Å²) in [6.45, 7) is 4.50. The van der Waals surface area contributed by atoms with E-state index >= 15 is 0 Å². The van der Waals surface area contributed by atoms with Crippen molar-refractivity contribution in [2.24, 2.45) is 4.99 Å². The van der Waals surface area contributed by atoms with E-state index in [1.807, 2.05) is 19.1 Å². The number of hydrogen-bond acceptors (Lipinski definition) is 1. The predicted octanol–water partition coefficient (Wildman–Crippen LogP) is 3.78. The van der Waals surface area contributed by atoms with Crippen molar-refractivity contribution in [2.45, 2.75) is 26.3 Å². The number of rotatable bonds is 5. The van der Waals surface area contributed by atoms with E-state index in [-0.39, 0.29) is 30.0 Å². The summed E-state index contributed by atoms with van der Waals surface area (Å²) in [5.41, 5.74) is 0.405. The third kappa shape index (κ3) is 6.88. The van der Waals surface area contributed by atoms with Crippen LogP contribution in [0.5, 0.6) is 0 Å². The van der Waals surface area contributed by atoms with E-state index < -0.39 is 11.6 Å². The predicted molar refractivity (Wildman–Crippen MR) is 94.1 cm³/mol. The van der Waals surface area contributed by atoms with Crippen LogP contribution in [-0.2, 0) is 0 Å². The van der Waals surface area contributed by atoms with Gasteiger partial charge in [-0.25, -0.2) is 8.78 Å². The van der Waals surface area contributed by atoms with E-state index in [0.29, 0.717) is 11.5 Å². The Morgan fingerprint density at radius 3 is 2.67 bits per heavy atom. The van der Waals surface area contributed by atoms with Gasteiger partial charge in [0, 0.05) is 25.2 Å². The van der Waals surface area contributed by atoms with Crippen LogP contribution in [-0.4, -0.2) is 19.6 Å². The lowest BCUT2D eigenvalue weighted by molar-refractivity contribution is 0.551. The van der Waals surface area contributed by atoms with E-state index in [0.717, 1.165) is 19.0 Å². The molecule has 0 aliphatic carbocycles. The molecule has 6 heteroatoms. The Morgan fingerprint density at radius 2 is 2.10 bits per heavy atom. The number of hydrogen-bond donors (Lipinski definition) is 2. The topological polar surface area (TPSA) is 36.4 Å². The molecule has 0 fully saturated rings. The van der Waals surface area contributed by atoms with E-state index in [9.17, 15) is 8.78 Å². The lowest BCUT2D eigenvalue weighted by atomic mass is 10.1. The van der Waals surface area contributed by atoms with Crippen molar-refractivity contribution in [3.05, 3.63) is 47.5 Å². The van der Waals surface area contributed by atoms with Crippen molar-refractivity contribution in [2.75, 3.05) is 13.6 Å². The van der Waals surface area contributed by atoms with Gasteiger partial charge >= 0.3 is 0 Å². The molecule has 0 amide bonds. The summed E-state index contributed by atoms with van der Waals surface area (Å²) in [6, 6.07) is 3.27. The van der Waals surface area contributed by atoms with Gasteiger partial charge in [-0.05, 0) is 26.3 Å². The van der Waals surface area contributed by atoms with Crippen molar-refractivity contribution < 1.29 is 8.78 Å². The zero-order valence-electron chi connectivity index (χ0n) is 12.5. The molecule has 0 radical (unpaired) electrons. The van der Waals surface area contributed by atoms with Gasteiger partial charge in [-0.3, -0.25) is 4.99 Å². The Labute approximate surface area is 141 Å². The summed E-state index contributed by atoms with van der Waals surface area (Å²) in [4.78, 5) is 4.07. The molecule has 118 valence electrons. The van der Waals surface area contributed by atoms with Crippen LogP contribution in [0.1, 0.15) is 31.9 Å². The van der Waals surface area contributed by atoms with Crippen molar-refractivity contribution >= 4 is 29.9 Å². The number of nitrogens with zero attached hydrogens (tertiary/aromatic N) is 1. The normalized spacial score (nSPS) is 12.9. The second-order valence-corrected chi connectivity index (χ2v) is 4.39. The zero-order chi connectivity index (χ0) is 15.0. The zero-order valence-corrected chi connectivity index (χ0v) is 14.8. The van der Waals surface area contributed by atoms with Gasteiger partial charge < -0.3 is 10.6 Å². The number of nitrogens with one attached hydrogen (secondary N) is 2. The second kappa shape index (κ2) is 10.5. The third-order valence-corrected chi connectivity index (χ3v) is 2.84. The number of allylic oxidation sites excluding steroid dienone is 1. The average Bonchev–Trinajstić information content (AvgIpc) is 2.41. The largest absolute Gasteiger partial charge is 0.356 e. The summed E-state index contributed by atoms with van der Waals surface area (Å²) in [5, 5.41) is 6.20. The molecular weight excluding hydrogens is 387 g/mol. The average molecular weight is 409 g/mol. The summed E-state index contributed by atoms with van der Waals surface area (Å²) in [6.07, 6.45) is 4.91. The maximum atomic E-state index is 13.7. The quantitative estimate of drug-likeness (QED) is 0.255. The lowest BCUT2D eigenvalue weighted by Crippen LogP contribution is -2.39. The van der Waals surface area contributed by atoms with Crippen LogP contribution in [0.2, 0.25) is 0 Å². The molecule has 0 heterocycles. The highest BCUT2D eigenvalue weighted by atomic mass is 127.